The molecule has 2 aromatic rings. The molecule has 0 radical (unpaired) electrons. The Labute approximate surface area is 152 Å². The van der Waals surface area contributed by atoms with Crippen molar-refractivity contribution >= 4 is 11.6 Å². The molecular formula is C19H24N4O3. The Kier molecular flexibility index (Phi) is 5.08. The lowest BCUT2D eigenvalue weighted by molar-refractivity contribution is -0.0248. The van der Waals surface area contributed by atoms with Crippen molar-refractivity contribution in [2.24, 2.45) is 7.05 Å². The summed E-state index contributed by atoms with van der Waals surface area (Å²) in [5.74, 6) is -0.264. The zero-order valence-electron chi connectivity index (χ0n) is 15.6. The van der Waals surface area contributed by atoms with Crippen molar-refractivity contribution in [3.05, 3.63) is 57.3 Å². The third kappa shape index (κ3) is 3.48. The third-order valence-electron chi connectivity index (χ3n) is 4.73. The summed E-state index contributed by atoms with van der Waals surface area (Å²) in [5, 5.41) is 3.11. The van der Waals surface area contributed by atoms with E-state index in [1.807, 2.05) is 33.0 Å². The molecule has 7 heteroatoms. The molecule has 0 saturated carbocycles. The minimum absolute atomic E-state index is 0.187. The number of anilines is 1. The highest BCUT2D eigenvalue weighted by Gasteiger charge is 2.28. The van der Waals surface area contributed by atoms with Crippen LogP contribution < -0.4 is 10.9 Å². The normalized spacial score (nSPS) is 17.2. The standard InChI is InChI=1S/C19H24N4O3/c1-12-9-14(20-3)10-16(21-12)17-11-23(7-8-26-17)19(25)15-6-5-13(2)22(4)18(15)24/h5-6,9-10,17H,7-8,11H2,1-4H3,(H,20,21)/t17-/m0/s1. The Hall–Kier alpha value is -2.67. The molecule has 26 heavy (non-hydrogen) atoms. The first-order chi connectivity index (χ1) is 12.4. The van der Waals surface area contributed by atoms with Crippen LogP contribution in [0, 0.1) is 13.8 Å². The van der Waals surface area contributed by atoms with Gasteiger partial charge in [-0.25, -0.2) is 0 Å². The van der Waals surface area contributed by atoms with Crippen molar-refractivity contribution in [2.45, 2.75) is 20.0 Å². The lowest BCUT2D eigenvalue weighted by atomic mass is 10.1. The van der Waals surface area contributed by atoms with E-state index in [-0.39, 0.29) is 23.1 Å². The van der Waals surface area contributed by atoms with Gasteiger partial charge in [-0.3, -0.25) is 14.6 Å². The average Bonchev–Trinajstić information content (AvgIpc) is 2.65. The smallest absolute Gasteiger partial charge is 0.263 e. The van der Waals surface area contributed by atoms with Gasteiger partial charge in [0.2, 0.25) is 0 Å². The molecule has 0 bridgehead atoms. The fraction of sp³-hybridized carbons (Fsp3) is 0.421. The van der Waals surface area contributed by atoms with Gasteiger partial charge in [0.1, 0.15) is 11.7 Å². The molecule has 2 aromatic heterocycles. The number of ether oxygens (including phenoxy) is 1. The summed E-state index contributed by atoms with van der Waals surface area (Å²) in [6, 6.07) is 7.27. The highest BCUT2D eigenvalue weighted by Crippen LogP contribution is 2.24. The Balaban J connectivity index is 1.85. The zero-order valence-corrected chi connectivity index (χ0v) is 15.6. The number of morpholine rings is 1. The SMILES string of the molecule is CNc1cc(C)nc([C@@H]2CN(C(=O)c3ccc(C)n(C)c3=O)CCO2)c1. The van der Waals surface area contributed by atoms with Crippen LogP contribution >= 0.6 is 0 Å². The highest BCUT2D eigenvalue weighted by atomic mass is 16.5. The molecule has 1 saturated heterocycles. The van der Waals surface area contributed by atoms with E-state index in [0.717, 1.165) is 22.8 Å². The van der Waals surface area contributed by atoms with Crippen LogP contribution in [0.4, 0.5) is 5.69 Å². The summed E-state index contributed by atoms with van der Waals surface area (Å²) >= 11 is 0. The molecule has 1 fully saturated rings. The van der Waals surface area contributed by atoms with Gasteiger partial charge in [-0.15, -0.1) is 0 Å². The molecule has 1 N–H and O–H groups in total. The van der Waals surface area contributed by atoms with E-state index in [2.05, 4.69) is 10.3 Å². The van der Waals surface area contributed by atoms with Crippen molar-refractivity contribution in [3.8, 4) is 0 Å². The molecule has 1 aliphatic rings. The number of hydrogen-bond acceptors (Lipinski definition) is 5. The summed E-state index contributed by atoms with van der Waals surface area (Å²) in [7, 11) is 3.52. The van der Waals surface area contributed by atoms with Crippen LogP contribution in [0.15, 0.2) is 29.1 Å². The quantitative estimate of drug-likeness (QED) is 0.905. The summed E-state index contributed by atoms with van der Waals surface area (Å²) in [4.78, 5) is 31.5. The second kappa shape index (κ2) is 7.29. The number of rotatable bonds is 3. The van der Waals surface area contributed by atoms with Crippen LogP contribution in [0.3, 0.4) is 0 Å². The van der Waals surface area contributed by atoms with Crippen LogP contribution in [0.2, 0.25) is 0 Å². The van der Waals surface area contributed by atoms with Crippen molar-refractivity contribution in [1.82, 2.24) is 14.5 Å². The molecule has 7 nitrogen and oxygen atoms in total. The molecular weight excluding hydrogens is 332 g/mol. The van der Waals surface area contributed by atoms with E-state index in [1.165, 1.54) is 4.57 Å². The maximum Gasteiger partial charge on any atom is 0.263 e. The molecule has 3 heterocycles. The van der Waals surface area contributed by atoms with Gasteiger partial charge in [0, 0.05) is 37.7 Å². The van der Waals surface area contributed by atoms with Crippen LogP contribution in [-0.2, 0) is 11.8 Å². The van der Waals surface area contributed by atoms with Crippen molar-refractivity contribution in [3.63, 3.8) is 0 Å². The van der Waals surface area contributed by atoms with E-state index in [1.54, 1.807) is 24.1 Å². The molecule has 138 valence electrons. The number of nitrogens with zero attached hydrogens (tertiary/aromatic N) is 3. The minimum Gasteiger partial charge on any atom is -0.388 e. The van der Waals surface area contributed by atoms with Gasteiger partial charge in [0.25, 0.3) is 11.5 Å². The van der Waals surface area contributed by atoms with E-state index in [9.17, 15) is 9.59 Å². The van der Waals surface area contributed by atoms with E-state index < -0.39 is 0 Å². The lowest BCUT2D eigenvalue weighted by Gasteiger charge is -2.33. The van der Waals surface area contributed by atoms with Gasteiger partial charge >= 0.3 is 0 Å². The van der Waals surface area contributed by atoms with Crippen molar-refractivity contribution in [1.29, 1.82) is 0 Å². The zero-order chi connectivity index (χ0) is 18.8. The fourth-order valence-electron chi connectivity index (χ4n) is 3.08. The number of carbonyl (C=O) groups is 1. The van der Waals surface area contributed by atoms with E-state index in [4.69, 9.17) is 4.74 Å². The topological polar surface area (TPSA) is 76.5 Å². The number of carbonyl (C=O) groups excluding carboxylic acids is 1. The summed E-state index contributed by atoms with van der Waals surface area (Å²) in [5.41, 5.74) is 3.34. The third-order valence-corrected chi connectivity index (χ3v) is 4.73. The van der Waals surface area contributed by atoms with E-state index in [0.29, 0.717) is 19.7 Å². The Bertz CT molecular complexity index is 891. The van der Waals surface area contributed by atoms with Gasteiger partial charge in [-0.05, 0) is 38.1 Å². The summed E-state index contributed by atoms with van der Waals surface area (Å²) in [6.45, 7) is 4.99. The molecule has 3 rings (SSSR count). The number of aromatic nitrogens is 2. The highest BCUT2D eigenvalue weighted by molar-refractivity contribution is 5.94. The van der Waals surface area contributed by atoms with Crippen molar-refractivity contribution in [2.75, 3.05) is 32.1 Å². The molecule has 0 unspecified atom stereocenters. The number of amides is 1. The number of pyridine rings is 2. The molecule has 1 aliphatic heterocycles. The monoisotopic (exact) mass is 356 g/mol. The summed E-state index contributed by atoms with van der Waals surface area (Å²) < 4.78 is 7.33. The summed E-state index contributed by atoms with van der Waals surface area (Å²) in [6.07, 6.45) is -0.311. The second-order valence-electron chi connectivity index (χ2n) is 6.54. The predicted molar refractivity (Wildman–Crippen MR) is 99.5 cm³/mol. The van der Waals surface area contributed by atoms with Gasteiger partial charge in [0.05, 0.1) is 18.8 Å². The molecule has 0 aliphatic carbocycles. The number of hydrogen-bond donors (Lipinski definition) is 1. The van der Waals surface area contributed by atoms with Crippen LogP contribution in [0.1, 0.15) is 33.5 Å². The number of nitrogens with one attached hydrogen (secondary N) is 1. The largest absolute Gasteiger partial charge is 0.388 e. The first-order valence-electron chi connectivity index (χ1n) is 8.64. The van der Waals surface area contributed by atoms with E-state index >= 15 is 0 Å². The lowest BCUT2D eigenvalue weighted by Crippen LogP contribution is -2.44. The van der Waals surface area contributed by atoms with Crippen LogP contribution in [0.25, 0.3) is 0 Å². The minimum atomic E-state index is -0.311. The maximum atomic E-state index is 12.9. The molecule has 0 spiro atoms. The van der Waals surface area contributed by atoms with Crippen molar-refractivity contribution < 1.29 is 9.53 Å². The first-order valence-corrected chi connectivity index (χ1v) is 8.64. The Morgan fingerprint density at radius 1 is 1.31 bits per heavy atom. The Morgan fingerprint density at radius 2 is 2.08 bits per heavy atom. The van der Waals surface area contributed by atoms with Gasteiger partial charge in [-0.2, -0.15) is 0 Å². The van der Waals surface area contributed by atoms with Gasteiger partial charge in [0.15, 0.2) is 0 Å². The predicted octanol–water partition coefficient (Wildman–Crippen LogP) is 1.65. The van der Waals surface area contributed by atoms with Gasteiger partial charge in [-0.1, -0.05) is 0 Å². The maximum absolute atomic E-state index is 12.9. The van der Waals surface area contributed by atoms with Crippen LogP contribution in [0.5, 0.6) is 0 Å². The van der Waals surface area contributed by atoms with Crippen LogP contribution in [-0.4, -0.2) is 47.1 Å². The Morgan fingerprint density at radius 3 is 2.81 bits per heavy atom. The van der Waals surface area contributed by atoms with Gasteiger partial charge < -0.3 is 19.5 Å². The first kappa shape index (κ1) is 18.1. The fourth-order valence-corrected chi connectivity index (χ4v) is 3.08. The average molecular weight is 356 g/mol. The molecule has 0 aromatic carbocycles. The number of aryl methyl sites for hydroxylation is 2. The molecule has 1 atom stereocenters. The molecule has 1 amide bonds. The second-order valence-corrected chi connectivity index (χ2v) is 6.54.